The molecule has 0 saturated carbocycles. The fourth-order valence-corrected chi connectivity index (χ4v) is 12.9. The van der Waals surface area contributed by atoms with Gasteiger partial charge in [-0.05, 0) is 167 Å². The summed E-state index contributed by atoms with van der Waals surface area (Å²) >= 11 is 0. The van der Waals surface area contributed by atoms with Crippen molar-refractivity contribution in [1.29, 1.82) is 0 Å². The summed E-state index contributed by atoms with van der Waals surface area (Å²) in [7, 11) is 0. The van der Waals surface area contributed by atoms with Crippen molar-refractivity contribution in [2.75, 3.05) is 0 Å². The minimum atomic E-state index is 1.14. The van der Waals surface area contributed by atoms with Gasteiger partial charge in [0.05, 0.1) is 22.1 Å². The lowest BCUT2D eigenvalue weighted by molar-refractivity contribution is 1.18. The maximum atomic E-state index is 2.50. The van der Waals surface area contributed by atoms with E-state index in [0.717, 1.165) is 11.4 Å². The van der Waals surface area contributed by atoms with Crippen LogP contribution in [0.4, 0.5) is 0 Å². The van der Waals surface area contributed by atoms with Crippen LogP contribution in [0.15, 0.2) is 261 Å². The van der Waals surface area contributed by atoms with Crippen LogP contribution in [-0.2, 0) is 0 Å². The molecule has 0 radical (unpaired) electrons. The van der Waals surface area contributed by atoms with Crippen LogP contribution in [-0.4, -0.2) is 9.13 Å². The number of hydrogen-bond acceptors (Lipinski definition) is 0. The summed E-state index contributed by atoms with van der Waals surface area (Å²) < 4.78 is 4.82. The van der Waals surface area contributed by atoms with Gasteiger partial charge in [-0.25, -0.2) is 0 Å². The summed E-state index contributed by atoms with van der Waals surface area (Å²) in [4.78, 5) is 0. The lowest BCUT2D eigenvalue weighted by Gasteiger charge is -2.21. The van der Waals surface area contributed by atoms with Crippen LogP contribution in [0.3, 0.4) is 0 Å². The maximum absolute atomic E-state index is 2.50. The first kappa shape index (κ1) is 43.8. The van der Waals surface area contributed by atoms with E-state index >= 15 is 0 Å². The van der Waals surface area contributed by atoms with Gasteiger partial charge in [-0.1, -0.05) is 212 Å². The molecule has 15 aromatic rings. The van der Waals surface area contributed by atoms with Crippen LogP contribution in [0.1, 0.15) is 18.1 Å². The monoisotopic (exact) mass is 966 g/mol. The molecule has 0 bridgehead atoms. The van der Waals surface area contributed by atoms with E-state index in [0.29, 0.717) is 0 Å². The zero-order valence-electron chi connectivity index (χ0n) is 42.3. The van der Waals surface area contributed by atoms with E-state index in [-0.39, 0.29) is 0 Å². The Morgan fingerprint density at radius 2 is 0.605 bits per heavy atom. The van der Waals surface area contributed by atoms with Crippen molar-refractivity contribution in [3.05, 3.63) is 272 Å². The van der Waals surface area contributed by atoms with E-state index in [2.05, 4.69) is 290 Å². The van der Waals surface area contributed by atoms with Crippen molar-refractivity contribution in [3.8, 4) is 55.9 Å². The third kappa shape index (κ3) is 6.60. The fourth-order valence-electron chi connectivity index (χ4n) is 12.9. The predicted octanol–water partition coefficient (Wildman–Crippen LogP) is 20.5. The average molecular weight is 967 g/mol. The van der Waals surface area contributed by atoms with E-state index in [9.17, 15) is 0 Å². The zero-order valence-corrected chi connectivity index (χ0v) is 42.3. The molecule has 0 spiro atoms. The van der Waals surface area contributed by atoms with Crippen molar-refractivity contribution in [3.63, 3.8) is 0 Å². The molecule has 2 heteroatoms. The Balaban J connectivity index is 0.989. The van der Waals surface area contributed by atoms with Crippen LogP contribution in [0, 0.1) is 6.92 Å². The standard InChI is InChI=1S/C74H50N2/c1-3-19-53-47(2)20-18-31-58(53)74-63-29-8-6-27-61(63)73(62-28-7-9-30-64(62)74)50-40-45-65-66(46-50)72(49-38-43-52(44-39-49)76-69-34-16-12-23-56(69)57-24-13-17-35-70(57)76)60-26-5-4-25-59(60)71(65)48-36-41-51(42-37-48)75-67-32-14-10-21-54(67)55-22-11-15-33-68(55)75/h3-46H,1-2H3/b19-3-. The van der Waals surface area contributed by atoms with Crippen molar-refractivity contribution in [2.45, 2.75) is 13.8 Å². The Morgan fingerprint density at radius 1 is 0.276 bits per heavy atom. The topological polar surface area (TPSA) is 9.86 Å². The molecule has 0 aliphatic carbocycles. The van der Waals surface area contributed by atoms with Crippen molar-refractivity contribution in [1.82, 2.24) is 9.13 Å². The summed E-state index contributed by atoms with van der Waals surface area (Å²) in [6.07, 6.45) is 4.43. The number of para-hydroxylation sites is 4. The van der Waals surface area contributed by atoms with Gasteiger partial charge in [0.15, 0.2) is 0 Å². The normalized spacial score (nSPS) is 12.0. The highest BCUT2D eigenvalue weighted by molar-refractivity contribution is 6.25. The van der Waals surface area contributed by atoms with Crippen molar-refractivity contribution < 1.29 is 0 Å². The van der Waals surface area contributed by atoms with Crippen LogP contribution in [0.2, 0.25) is 0 Å². The molecule has 2 heterocycles. The van der Waals surface area contributed by atoms with Crippen LogP contribution < -0.4 is 0 Å². The third-order valence-electron chi connectivity index (χ3n) is 16.2. The highest BCUT2D eigenvalue weighted by Gasteiger charge is 2.23. The molecule has 0 aliphatic heterocycles. The van der Waals surface area contributed by atoms with E-state index < -0.39 is 0 Å². The molecule has 0 unspecified atom stereocenters. The Hall–Kier alpha value is -9.76. The summed E-state index contributed by atoms with van der Waals surface area (Å²) in [6.45, 7) is 4.33. The minimum absolute atomic E-state index is 1.14. The molecule has 0 aliphatic rings. The zero-order chi connectivity index (χ0) is 50.4. The molecule has 2 aromatic heterocycles. The molecule has 0 amide bonds. The summed E-state index contributed by atoms with van der Waals surface area (Å²) in [5.41, 5.74) is 19.4. The molecule has 15 rings (SSSR count). The van der Waals surface area contributed by atoms with Gasteiger partial charge in [-0.15, -0.1) is 0 Å². The summed E-state index contributed by atoms with van der Waals surface area (Å²) in [6, 6.07) is 94.8. The number of allylic oxidation sites excluding steroid dienone is 1. The second-order valence-corrected chi connectivity index (χ2v) is 20.3. The molecule has 76 heavy (non-hydrogen) atoms. The van der Waals surface area contributed by atoms with E-state index in [1.54, 1.807) is 0 Å². The number of fused-ring (bicyclic) bond motifs is 10. The second-order valence-electron chi connectivity index (χ2n) is 20.3. The predicted molar refractivity (Wildman–Crippen MR) is 326 cm³/mol. The first-order valence-electron chi connectivity index (χ1n) is 26.5. The number of nitrogens with zero attached hydrogens (tertiary/aromatic N) is 2. The van der Waals surface area contributed by atoms with Crippen molar-refractivity contribution in [2.24, 2.45) is 0 Å². The van der Waals surface area contributed by atoms with Gasteiger partial charge in [0, 0.05) is 32.9 Å². The Labute approximate surface area is 441 Å². The SMILES string of the molecule is C/C=C\c1c(C)cccc1-c1c2ccccc2c(-c2ccc3c(-c4ccc(-n5c6ccccc6c6ccccc65)cc4)c4ccccc4c(-c4ccc(-n5c6ccccc6c6ccccc65)cc4)c3c2)c2ccccc12. The van der Waals surface area contributed by atoms with E-state index in [1.165, 1.54) is 142 Å². The van der Waals surface area contributed by atoms with Gasteiger partial charge in [0.2, 0.25) is 0 Å². The molecule has 0 atom stereocenters. The number of aryl methyl sites for hydroxylation is 1. The van der Waals surface area contributed by atoms with E-state index in [4.69, 9.17) is 0 Å². The van der Waals surface area contributed by atoms with Gasteiger partial charge in [-0.2, -0.15) is 0 Å². The highest BCUT2D eigenvalue weighted by Crippen LogP contribution is 2.49. The Kier molecular flexibility index (Phi) is 10.0. The average Bonchev–Trinajstić information content (AvgIpc) is 4.02. The van der Waals surface area contributed by atoms with Gasteiger partial charge in [0.1, 0.15) is 0 Å². The summed E-state index contributed by atoms with van der Waals surface area (Å²) in [5, 5.41) is 14.9. The van der Waals surface area contributed by atoms with Crippen LogP contribution >= 0.6 is 0 Å². The Bertz CT molecular complexity index is 4710. The van der Waals surface area contributed by atoms with Gasteiger partial charge in [0.25, 0.3) is 0 Å². The molecule has 2 nitrogen and oxygen atoms in total. The highest BCUT2D eigenvalue weighted by atomic mass is 15.0. The molecule has 356 valence electrons. The largest absolute Gasteiger partial charge is 0.309 e. The summed E-state index contributed by atoms with van der Waals surface area (Å²) in [5.74, 6) is 0. The first-order valence-corrected chi connectivity index (χ1v) is 26.5. The van der Waals surface area contributed by atoms with Crippen molar-refractivity contribution >= 4 is 92.8 Å². The van der Waals surface area contributed by atoms with Crippen LogP contribution in [0.25, 0.3) is 149 Å². The quantitative estimate of drug-likeness (QED) is 0.141. The van der Waals surface area contributed by atoms with Gasteiger partial charge in [-0.3, -0.25) is 0 Å². The maximum Gasteiger partial charge on any atom is 0.0541 e. The molecular formula is C74H50N2. The lowest BCUT2D eigenvalue weighted by atomic mass is 9.82. The molecular weight excluding hydrogens is 917 g/mol. The van der Waals surface area contributed by atoms with E-state index in [1.807, 2.05) is 0 Å². The minimum Gasteiger partial charge on any atom is -0.309 e. The number of hydrogen-bond donors (Lipinski definition) is 0. The van der Waals surface area contributed by atoms with Gasteiger partial charge >= 0.3 is 0 Å². The second kappa shape index (κ2) is 17.4. The third-order valence-corrected chi connectivity index (χ3v) is 16.2. The molecule has 0 N–H and O–H groups in total. The number of benzene rings is 13. The molecule has 0 fully saturated rings. The van der Waals surface area contributed by atoms with Gasteiger partial charge < -0.3 is 9.13 Å². The molecule has 0 saturated heterocycles. The van der Waals surface area contributed by atoms with Crippen LogP contribution in [0.5, 0.6) is 0 Å². The number of rotatable bonds is 7. The smallest absolute Gasteiger partial charge is 0.0541 e. The number of aromatic nitrogens is 2. The Morgan fingerprint density at radius 3 is 1.01 bits per heavy atom. The lowest BCUT2D eigenvalue weighted by Crippen LogP contribution is -1.96. The fraction of sp³-hybridized carbons (Fsp3) is 0.0270. The molecule has 13 aromatic carbocycles. The first-order chi connectivity index (χ1) is 37.6.